The highest BCUT2D eigenvalue weighted by atomic mass is 35.5. The number of nitrogens with one attached hydrogen (secondary N) is 1. The van der Waals surface area contributed by atoms with E-state index < -0.39 is 6.10 Å². The number of hydrogen-bond donors (Lipinski definition) is 1. The van der Waals surface area contributed by atoms with E-state index in [1.54, 1.807) is 31.4 Å². The lowest BCUT2D eigenvalue weighted by Crippen LogP contribution is -2.39. The molecule has 0 fully saturated rings. The first-order chi connectivity index (χ1) is 12.1. The highest BCUT2D eigenvalue weighted by Crippen LogP contribution is 2.19. The molecule has 0 heterocycles. The fourth-order valence-corrected chi connectivity index (χ4v) is 2.34. The van der Waals surface area contributed by atoms with Gasteiger partial charge in [-0.2, -0.15) is 0 Å². The minimum absolute atomic E-state index is 0.180. The summed E-state index contributed by atoms with van der Waals surface area (Å²) < 4.78 is 16.4. The second kappa shape index (κ2) is 9.79. The largest absolute Gasteiger partial charge is 0.497 e. The van der Waals surface area contributed by atoms with Gasteiger partial charge in [0.25, 0.3) is 5.91 Å². The van der Waals surface area contributed by atoms with Gasteiger partial charge >= 0.3 is 0 Å². The molecule has 0 saturated heterocycles. The Morgan fingerprint density at radius 3 is 2.48 bits per heavy atom. The summed E-state index contributed by atoms with van der Waals surface area (Å²) in [5, 5.41) is 3.38. The lowest BCUT2D eigenvalue weighted by atomic mass is 10.2. The van der Waals surface area contributed by atoms with E-state index in [4.69, 9.17) is 25.8 Å². The minimum Gasteiger partial charge on any atom is -0.497 e. The molecule has 0 aliphatic carbocycles. The van der Waals surface area contributed by atoms with Crippen molar-refractivity contribution in [3.63, 3.8) is 0 Å². The van der Waals surface area contributed by atoms with Crippen LogP contribution in [-0.4, -0.2) is 32.3 Å². The van der Waals surface area contributed by atoms with Gasteiger partial charge in [0.1, 0.15) is 23.9 Å². The number of amides is 1. The van der Waals surface area contributed by atoms with Crippen molar-refractivity contribution < 1.29 is 19.0 Å². The number of benzene rings is 2. The Hall–Kier alpha value is -2.40. The Morgan fingerprint density at radius 1 is 1.12 bits per heavy atom. The molecule has 2 aromatic rings. The molecule has 6 heteroatoms. The van der Waals surface area contributed by atoms with Crippen molar-refractivity contribution in [3.05, 3.63) is 53.6 Å². The first-order valence-electron chi connectivity index (χ1n) is 8.09. The molecule has 0 saturated carbocycles. The van der Waals surface area contributed by atoms with Crippen LogP contribution >= 0.6 is 11.6 Å². The Kier molecular flexibility index (Phi) is 7.41. The van der Waals surface area contributed by atoms with Crippen molar-refractivity contribution in [1.29, 1.82) is 0 Å². The van der Waals surface area contributed by atoms with Crippen LogP contribution in [0.25, 0.3) is 0 Å². The van der Waals surface area contributed by atoms with Gasteiger partial charge in [0.2, 0.25) is 0 Å². The van der Waals surface area contributed by atoms with E-state index in [0.29, 0.717) is 30.3 Å². The highest BCUT2D eigenvalue weighted by molar-refractivity contribution is 6.30. The fraction of sp³-hybridized carbons (Fsp3) is 0.316. The van der Waals surface area contributed by atoms with Crippen LogP contribution < -0.4 is 19.5 Å². The molecule has 25 heavy (non-hydrogen) atoms. The second-order valence-electron chi connectivity index (χ2n) is 5.29. The van der Waals surface area contributed by atoms with Gasteiger partial charge in [0.05, 0.1) is 13.7 Å². The summed E-state index contributed by atoms with van der Waals surface area (Å²) in [5.74, 6) is 1.88. The van der Waals surface area contributed by atoms with Gasteiger partial charge in [-0.25, -0.2) is 0 Å². The van der Waals surface area contributed by atoms with Gasteiger partial charge in [-0.05, 0) is 48.9 Å². The van der Waals surface area contributed by atoms with Gasteiger partial charge < -0.3 is 19.5 Å². The summed E-state index contributed by atoms with van der Waals surface area (Å²) in [7, 11) is 1.61. The zero-order valence-electron chi connectivity index (χ0n) is 14.3. The topological polar surface area (TPSA) is 56.8 Å². The number of ether oxygens (including phenoxy) is 3. The summed E-state index contributed by atoms with van der Waals surface area (Å²) in [6.07, 6.45) is -0.0167. The van der Waals surface area contributed by atoms with E-state index in [1.165, 1.54) is 0 Å². The summed E-state index contributed by atoms with van der Waals surface area (Å²) in [6.45, 7) is 2.65. The molecule has 1 unspecified atom stereocenters. The zero-order valence-corrected chi connectivity index (χ0v) is 15.1. The van der Waals surface area contributed by atoms with Crippen LogP contribution in [0.15, 0.2) is 48.5 Å². The molecule has 0 aliphatic heterocycles. The Morgan fingerprint density at radius 2 is 1.84 bits per heavy atom. The molecule has 2 aromatic carbocycles. The Bertz CT molecular complexity index is 675. The van der Waals surface area contributed by atoms with Crippen LogP contribution in [0, 0.1) is 0 Å². The molecule has 0 bridgehead atoms. The van der Waals surface area contributed by atoms with Crippen LogP contribution in [-0.2, 0) is 4.79 Å². The lowest BCUT2D eigenvalue weighted by Gasteiger charge is -2.17. The van der Waals surface area contributed by atoms with Crippen molar-refractivity contribution >= 4 is 17.5 Å². The van der Waals surface area contributed by atoms with Gasteiger partial charge in [-0.1, -0.05) is 24.6 Å². The zero-order chi connectivity index (χ0) is 18.1. The van der Waals surface area contributed by atoms with Gasteiger partial charge in [0, 0.05) is 5.02 Å². The molecule has 0 aliphatic rings. The number of halogens is 1. The summed E-state index contributed by atoms with van der Waals surface area (Å²) in [4.78, 5) is 12.2. The quantitative estimate of drug-likeness (QED) is 0.690. The number of carbonyl (C=O) groups is 1. The molecular formula is C19H22ClNO4. The van der Waals surface area contributed by atoms with Crippen LogP contribution in [0.2, 0.25) is 5.02 Å². The van der Waals surface area contributed by atoms with Crippen LogP contribution in [0.4, 0.5) is 0 Å². The summed E-state index contributed by atoms with van der Waals surface area (Å²) >= 11 is 5.93. The summed E-state index contributed by atoms with van der Waals surface area (Å²) in [6, 6.07) is 14.3. The van der Waals surface area contributed by atoms with E-state index in [0.717, 1.165) is 11.5 Å². The SMILES string of the molecule is CCC(Oc1cccc(Cl)c1)C(=O)NCCOc1ccc(OC)cc1. The molecule has 134 valence electrons. The third-order valence-electron chi connectivity index (χ3n) is 3.47. The molecule has 1 amide bonds. The molecule has 0 spiro atoms. The lowest BCUT2D eigenvalue weighted by molar-refractivity contribution is -0.128. The minimum atomic E-state index is -0.570. The third kappa shape index (κ3) is 6.19. The predicted octanol–water partition coefficient (Wildman–Crippen LogP) is 3.70. The number of rotatable bonds is 9. The maximum absolute atomic E-state index is 12.2. The highest BCUT2D eigenvalue weighted by Gasteiger charge is 2.17. The first-order valence-corrected chi connectivity index (χ1v) is 8.47. The van der Waals surface area contributed by atoms with Crippen molar-refractivity contribution in [3.8, 4) is 17.2 Å². The molecule has 0 aromatic heterocycles. The van der Waals surface area contributed by atoms with Crippen LogP contribution in [0.5, 0.6) is 17.2 Å². The second-order valence-corrected chi connectivity index (χ2v) is 5.72. The maximum Gasteiger partial charge on any atom is 0.261 e. The molecule has 1 atom stereocenters. The van der Waals surface area contributed by atoms with E-state index >= 15 is 0 Å². The molecule has 2 rings (SSSR count). The number of hydrogen-bond acceptors (Lipinski definition) is 4. The number of carbonyl (C=O) groups excluding carboxylic acids is 1. The van der Waals surface area contributed by atoms with Crippen molar-refractivity contribution in [2.45, 2.75) is 19.4 Å². The molecule has 5 nitrogen and oxygen atoms in total. The molecule has 1 N–H and O–H groups in total. The fourth-order valence-electron chi connectivity index (χ4n) is 2.16. The van der Waals surface area contributed by atoms with Crippen molar-refractivity contribution in [2.75, 3.05) is 20.3 Å². The van der Waals surface area contributed by atoms with E-state index in [9.17, 15) is 4.79 Å². The Balaban J connectivity index is 1.75. The van der Waals surface area contributed by atoms with E-state index in [-0.39, 0.29) is 5.91 Å². The average molecular weight is 364 g/mol. The maximum atomic E-state index is 12.2. The smallest absolute Gasteiger partial charge is 0.261 e. The Labute approximate surface area is 152 Å². The van der Waals surface area contributed by atoms with Crippen molar-refractivity contribution in [1.82, 2.24) is 5.32 Å². The normalized spacial score (nSPS) is 11.5. The predicted molar refractivity (Wildman–Crippen MR) is 97.7 cm³/mol. The summed E-state index contributed by atoms with van der Waals surface area (Å²) in [5.41, 5.74) is 0. The third-order valence-corrected chi connectivity index (χ3v) is 3.70. The van der Waals surface area contributed by atoms with Gasteiger partial charge in [-0.15, -0.1) is 0 Å². The number of methoxy groups -OCH3 is 1. The van der Waals surface area contributed by atoms with Gasteiger partial charge in [-0.3, -0.25) is 4.79 Å². The van der Waals surface area contributed by atoms with Crippen LogP contribution in [0.3, 0.4) is 0 Å². The van der Waals surface area contributed by atoms with Crippen molar-refractivity contribution in [2.24, 2.45) is 0 Å². The van der Waals surface area contributed by atoms with E-state index in [2.05, 4.69) is 5.32 Å². The first kappa shape index (κ1) is 18.9. The molecule has 0 radical (unpaired) electrons. The van der Waals surface area contributed by atoms with E-state index in [1.807, 2.05) is 31.2 Å². The van der Waals surface area contributed by atoms with Gasteiger partial charge in [0.15, 0.2) is 6.10 Å². The average Bonchev–Trinajstić information content (AvgIpc) is 2.63. The standard InChI is InChI=1S/C19H22ClNO4/c1-3-18(25-17-6-4-5-14(20)13-17)19(22)21-11-12-24-16-9-7-15(23-2)8-10-16/h4-10,13,18H,3,11-12H2,1-2H3,(H,21,22). The monoisotopic (exact) mass is 363 g/mol. The van der Waals surface area contributed by atoms with Crippen LogP contribution in [0.1, 0.15) is 13.3 Å². The molecular weight excluding hydrogens is 342 g/mol.